The maximum atomic E-state index is 12.9. The Morgan fingerprint density at radius 1 is 1.35 bits per heavy atom. The number of ether oxygens (including phenoxy) is 1. The Kier molecular flexibility index (Phi) is 3.59. The van der Waals surface area contributed by atoms with E-state index in [1.54, 1.807) is 0 Å². The van der Waals surface area contributed by atoms with E-state index in [0.717, 1.165) is 0 Å². The van der Waals surface area contributed by atoms with Gasteiger partial charge in [-0.15, -0.1) is 13.2 Å². The first-order chi connectivity index (χ1) is 7.76. The Morgan fingerprint density at radius 2 is 1.94 bits per heavy atom. The van der Waals surface area contributed by atoms with Gasteiger partial charge >= 0.3 is 6.36 Å². The van der Waals surface area contributed by atoms with Gasteiger partial charge in [0.15, 0.2) is 17.9 Å². The first-order valence-electron chi connectivity index (χ1n) is 3.93. The molecule has 1 rings (SSSR count). The molecule has 17 heavy (non-hydrogen) atoms. The Balaban J connectivity index is 3.40. The minimum Gasteiger partial charge on any atom is -0.403 e. The van der Waals surface area contributed by atoms with Crippen molar-refractivity contribution >= 4 is 6.29 Å². The number of carbonyl (C=O) groups is 1. The van der Waals surface area contributed by atoms with Crippen LogP contribution in [0.5, 0.6) is 5.75 Å². The molecule has 0 radical (unpaired) electrons. The molecule has 0 N–H and O–H groups in total. The van der Waals surface area contributed by atoms with Crippen LogP contribution in [0.25, 0.3) is 0 Å². The summed E-state index contributed by atoms with van der Waals surface area (Å²) in [5, 5.41) is 0. The molecule has 0 aliphatic rings. The lowest BCUT2D eigenvalue weighted by Gasteiger charge is -2.14. The molecule has 0 aliphatic carbocycles. The van der Waals surface area contributed by atoms with E-state index in [-0.39, 0.29) is 12.5 Å². The largest absolute Gasteiger partial charge is 0.573 e. The molecule has 0 fully saturated rings. The second-order valence-corrected chi connectivity index (χ2v) is 2.70. The SMILES string of the molecule is O=Cc1ncc(F)c(C(F)F)c1OC(F)(F)F. The van der Waals surface area contributed by atoms with Crippen molar-refractivity contribution in [2.75, 3.05) is 0 Å². The molecule has 9 heteroatoms. The number of nitrogens with zero attached hydrogens (tertiary/aromatic N) is 1. The molecule has 0 amide bonds. The van der Waals surface area contributed by atoms with Crippen molar-refractivity contribution in [1.29, 1.82) is 0 Å². The van der Waals surface area contributed by atoms with Crippen LogP contribution in [0.4, 0.5) is 26.3 Å². The van der Waals surface area contributed by atoms with Crippen LogP contribution in [0.2, 0.25) is 0 Å². The van der Waals surface area contributed by atoms with Crippen LogP contribution in [-0.4, -0.2) is 17.6 Å². The zero-order chi connectivity index (χ0) is 13.2. The van der Waals surface area contributed by atoms with Crippen LogP contribution in [0.3, 0.4) is 0 Å². The second-order valence-electron chi connectivity index (χ2n) is 2.70. The Hall–Kier alpha value is -1.80. The summed E-state index contributed by atoms with van der Waals surface area (Å²) >= 11 is 0. The molecule has 0 saturated carbocycles. The molecule has 1 aromatic rings. The van der Waals surface area contributed by atoms with Gasteiger partial charge in [-0.05, 0) is 0 Å². The van der Waals surface area contributed by atoms with Crippen LogP contribution in [0, 0.1) is 5.82 Å². The van der Waals surface area contributed by atoms with E-state index in [0.29, 0.717) is 0 Å². The summed E-state index contributed by atoms with van der Waals surface area (Å²) in [6, 6.07) is 0. The number of hydrogen-bond donors (Lipinski definition) is 0. The third-order valence-electron chi connectivity index (χ3n) is 1.60. The second kappa shape index (κ2) is 4.60. The summed E-state index contributed by atoms with van der Waals surface area (Å²) in [4.78, 5) is 13.2. The van der Waals surface area contributed by atoms with Gasteiger partial charge in [-0.1, -0.05) is 0 Å². The third-order valence-corrected chi connectivity index (χ3v) is 1.60. The predicted molar refractivity (Wildman–Crippen MR) is 41.2 cm³/mol. The fraction of sp³-hybridized carbons (Fsp3) is 0.250. The van der Waals surface area contributed by atoms with Gasteiger partial charge in [-0.2, -0.15) is 0 Å². The summed E-state index contributed by atoms with van der Waals surface area (Å²) in [5.41, 5.74) is -2.71. The van der Waals surface area contributed by atoms with Gasteiger partial charge in [0.1, 0.15) is 5.69 Å². The van der Waals surface area contributed by atoms with E-state index in [9.17, 15) is 31.1 Å². The standard InChI is InChI=1S/C8H3F6NO2/c9-3-1-15-4(2-16)6(5(3)7(10)11)17-8(12,13)14/h1-2,7H. The molecular formula is C8H3F6NO2. The van der Waals surface area contributed by atoms with Crippen LogP contribution in [0.1, 0.15) is 22.5 Å². The summed E-state index contributed by atoms with van der Waals surface area (Å²) in [7, 11) is 0. The lowest BCUT2D eigenvalue weighted by Crippen LogP contribution is -2.20. The molecule has 1 heterocycles. The van der Waals surface area contributed by atoms with Gasteiger partial charge in [-0.3, -0.25) is 4.79 Å². The quantitative estimate of drug-likeness (QED) is 0.618. The highest BCUT2D eigenvalue weighted by atomic mass is 19.4. The van der Waals surface area contributed by atoms with E-state index in [2.05, 4.69) is 9.72 Å². The van der Waals surface area contributed by atoms with Crippen LogP contribution < -0.4 is 4.74 Å². The maximum absolute atomic E-state index is 12.9. The van der Waals surface area contributed by atoms with Gasteiger partial charge in [-0.25, -0.2) is 18.2 Å². The van der Waals surface area contributed by atoms with Crippen molar-refractivity contribution in [3.8, 4) is 5.75 Å². The molecule has 1 aromatic heterocycles. The highest BCUT2D eigenvalue weighted by molar-refractivity contribution is 5.77. The fourth-order valence-corrected chi connectivity index (χ4v) is 1.01. The molecule has 0 atom stereocenters. The van der Waals surface area contributed by atoms with Crippen molar-refractivity contribution in [3.63, 3.8) is 0 Å². The molecule has 94 valence electrons. The number of pyridine rings is 1. The highest BCUT2D eigenvalue weighted by Gasteiger charge is 2.36. The van der Waals surface area contributed by atoms with Gasteiger partial charge in [0.05, 0.1) is 11.8 Å². The Morgan fingerprint density at radius 3 is 2.35 bits per heavy atom. The Bertz CT molecular complexity index is 431. The molecule has 3 nitrogen and oxygen atoms in total. The molecule has 0 spiro atoms. The molecule has 0 aromatic carbocycles. The number of aromatic nitrogens is 1. The van der Waals surface area contributed by atoms with Gasteiger partial charge in [0, 0.05) is 0 Å². The summed E-state index contributed by atoms with van der Waals surface area (Å²) in [6.07, 6.45) is -8.94. The fourth-order valence-electron chi connectivity index (χ4n) is 1.01. The number of carbonyl (C=O) groups excluding carboxylic acids is 1. The third kappa shape index (κ3) is 3.08. The average Bonchev–Trinajstić information content (AvgIpc) is 2.15. The first kappa shape index (κ1) is 13.3. The van der Waals surface area contributed by atoms with Crippen molar-refractivity contribution < 1.29 is 35.9 Å². The number of alkyl halides is 5. The lowest BCUT2D eigenvalue weighted by molar-refractivity contribution is -0.275. The first-order valence-corrected chi connectivity index (χ1v) is 3.93. The van der Waals surface area contributed by atoms with E-state index in [4.69, 9.17) is 0 Å². The van der Waals surface area contributed by atoms with Crippen molar-refractivity contribution in [2.24, 2.45) is 0 Å². The van der Waals surface area contributed by atoms with Gasteiger partial charge < -0.3 is 4.74 Å². The minimum absolute atomic E-state index is 0.217. The van der Waals surface area contributed by atoms with Crippen LogP contribution in [0.15, 0.2) is 6.20 Å². The highest BCUT2D eigenvalue weighted by Crippen LogP contribution is 2.35. The van der Waals surface area contributed by atoms with Crippen molar-refractivity contribution in [1.82, 2.24) is 4.98 Å². The molecule has 0 saturated heterocycles. The summed E-state index contributed by atoms with van der Waals surface area (Å²) in [5.74, 6) is -3.31. The smallest absolute Gasteiger partial charge is 0.403 e. The summed E-state index contributed by atoms with van der Waals surface area (Å²) in [6.45, 7) is 0. The topological polar surface area (TPSA) is 39.2 Å². The predicted octanol–water partition coefficient (Wildman–Crippen LogP) is 2.87. The molecule has 0 unspecified atom stereocenters. The van der Waals surface area contributed by atoms with Gasteiger partial charge in [0.25, 0.3) is 6.43 Å². The van der Waals surface area contributed by atoms with Crippen LogP contribution in [-0.2, 0) is 0 Å². The lowest BCUT2D eigenvalue weighted by atomic mass is 10.2. The van der Waals surface area contributed by atoms with Crippen molar-refractivity contribution in [3.05, 3.63) is 23.3 Å². The number of aldehydes is 1. The van der Waals surface area contributed by atoms with E-state index >= 15 is 0 Å². The zero-order valence-electron chi connectivity index (χ0n) is 7.76. The maximum Gasteiger partial charge on any atom is 0.573 e. The molecule has 0 aliphatic heterocycles. The number of halogens is 6. The normalized spacial score (nSPS) is 11.7. The monoisotopic (exact) mass is 259 g/mol. The molecule has 0 bridgehead atoms. The number of hydrogen-bond acceptors (Lipinski definition) is 3. The van der Waals surface area contributed by atoms with Gasteiger partial charge in [0.2, 0.25) is 0 Å². The van der Waals surface area contributed by atoms with Crippen molar-refractivity contribution in [2.45, 2.75) is 12.8 Å². The minimum atomic E-state index is -5.34. The number of rotatable bonds is 3. The summed E-state index contributed by atoms with van der Waals surface area (Å²) < 4.78 is 76.5. The van der Waals surface area contributed by atoms with Crippen LogP contribution >= 0.6 is 0 Å². The zero-order valence-corrected chi connectivity index (χ0v) is 7.76. The average molecular weight is 259 g/mol. The van der Waals surface area contributed by atoms with E-state index in [1.165, 1.54) is 0 Å². The molecular weight excluding hydrogens is 256 g/mol. The van der Waals surface area contributed by atoms with E-state index < -0.39 is 35.6 Å². The van der Waals surface area contributed by atoms with E-state index in [1.807, 2.05) is 0 Å². The Labute approximate surface area is 90.0 Å².